The molecule has 0 spiro atoms. The van der Waals surface area contributed by atoms with E-state index >= 15 is 0 Å². The third-order valence-electron chi connectivity index (χ3n) is 3.96. The van der Waals surface area contributed by atoms with Gasteiger partial charge in [0.1, 0.15) is 5.75 Å². The molecular formula is C17H25NO3. The molecule has 0 atom stereocenters. The van der Waals surface area contributed by atoms with E-state index in [-0.39, 0.29) is 18.1 Å². The Morgan fingerprint density at radius 3 is 2.71 bits per heavy atom. The van der Waals surface area contributed by atoms with Crippen LogP contribution >= 0.6 is 0 Å². The number of para-hydroxylation sites is 1. The van der Waals surface area contributed by atoms with E-state index in [1.807, 2.05) is 31.2 Å². The molecule has 1 aliphatic carbocycles. The summed E-state index contributed by atoms with van der Waals surface area (Å²) in [6.07, 6.45) is 4.32. The molecule has 4 nitrogen and oxygen atoms in total. The van der Waals surface area contributed by atoms with Gasteiger partial charge in [0, 0.05) is 12.5 Å². The fraction of sp³-hybridized carbons (Fsp3) is 0.588. The van der Waals surface area contributed by atoms with Gasteiger partial charge in [-0.2, -0.15) is 0 Å². The van der Waals surface area contributed by atoms with Crippen molar-refractivity contribution in [1.29, 1.82) is 0 Å². The second-order valence-electron chi connectivity index (χ2n) is 5.61. The van der Waals surface area contributed by atoms with E-state index in [1.165, 1.54) is 0 Å². The number of ether oxygens (including phenoxy) is 1. The minimum atomic E-state index is -0.184. The van der Waals surface area contributed by atoms with Gasteiger partial charge in [-0.3, -0.25) is 4.79 Å². The Balaban J connectivity index is 1.78. The van der Waals surface area contributed by atoms with Crippen LogP contribution in [0.4, 0.5) is 0 Å². The summed E-state index contributed by atoms with van der Waals surface area (Å²) in [7, 11) is 0. The van der Waals surface area contributed by atoms with Crippen molar-refractivity contribution in [2.45, 2.75) is 57.6 Å². The molecule has 2 rings (SSSR count). The Morgan fingerprint density at radius 2 is 2.00 bits per heavy atom. The lowest BCUT2D eigenvalue weighted by molar-refractivity contribution is -0.122. The van der Waals surface area contributed by atoms with Gasteiger partial charge in [0.05, 0.1) is 12.7 Å². The average Bonchev–Trinajstić information content (AvgIpc) is 2.49. The van der Waals surface area contributed by atoms with Crippen molar-refractivity contribution in [3.05, 3.63) is 29.8 Å². The zero-order valence-electron chi connectivity index (χ0n) is 12.7. The Kier molecular flexibility index (Phi) is 6.05. The summed E-state index contributed by atoms with van der Waals surface area (Å²) >= 11 is 0. The maximum atomic E-state index is 12.0. The van der Waals surface area contributed by atoms with Gasteiger partial charge in [-0.15, -0.1) is 0 Å². The molecule has 1 aromatic carbocycles. The summed E-state index contributed by atoms with van der Waals surface area (Å²) in [6.45, 7) is 2.59. The van der Waals surface area contributed by atoms with E-state index in [0.29, 0.717) is 19.4 Å². The minimum Gasteiger partial charge on any atom is -0.494 e. The van der Waals surface area contributed by atoms with Crippen LogP contribution in [0, 0.1) is 0 Å². The Labute approximate surface area is 126 Å². The molecule has 2 N–H and O–H groups in total. The van der Waals surface area contributed by atoms with Gasteiger partial charge in [-0.25, -0.2) is 0 Å². The van der Waals surface area contributed by atoms with Crippen LogP contribution in [0.1, 0.15) is 44.6 Å². The third kappa shape index (κ3) is 5.05. The number of carbonyl (C=O) groups is 1. The SMILES string of the molecule is CCOc1ccccc1CCC(=O)NC1CCC(O)CC1. The van der Waals surface area contributed by atoms with Gasteiger partial charge in [0.2, 0.25) is 5.91 Å². The molecule has 1 saturated carbocycles. The zero-order chi connectivity index (χ0) is 15.1. The number of hydrogen-bond acceptors (Lipinski definition) is 3. The van der Waals surface area contributed by atoms with Crippen molar-refractivity contribution >= 4 is 5.91 Å². The maximum absolute atomic E-state index is 12.0. The van der Waals surface area contributed by atoms with Crippen LogP contribution in [-0.2, 0) is 11.2 Å². The van der Waals surface area contributed by atoms with Crippen molar-refractivity contribution < 1.29 is 14.6 Å². The normalized spacial score (nSPS) is 21.8. The molecule has 0 bridgehead atoms. The molecule has 1 aromatic rings. The summed E-state index contributed by atoms with van der Waals surface area (Å²) in [4.78, 5) is 12.0. The van der Waals surface area contributed by atoms with Crippen LogP contribution in [-0.4, -0.2) is 29.8 Å². The Hall–Kier alpha value is -1.55. The first-order valence-electron chi connectivity index (χ1n) is 7.87. The van der Waals surface area contributed by atoms with E-state index in [4.69, 9.17) is 4.74 Å². The standard InChI is InChI=1S/C17H25NO3/c1-2-21-16-6-4-3-5-13(16)7-12-17(20)18-14-8-10-15(19)11-9-14/h3-6,14-15,19H,2,7-12H2,1H3,(H,18,20). The van der Waals surface area contributed by atoms with Crippen molar-refractivity contribution in [3.63, 3.8) is 0 Å². The summed E-state index contributed by atoms with van der Waals surface area (Å²) < 4.78 is 5.57. The van der Waals surface area contributed by atoms with E-state index in [2.05, 4.69) is 5.32 Å². The smallest absolute Gasteiger partial charge is 0.220 e. The molecular weight excluding hydrogens is 266 g/mol. The van der Waals surface area contributed by atoms with Crippen molar-refractivity contribution in [3.8, 4) is 5.75 Å². The number of aliphatic hydroxyl groups is 1. The molecule has 0 saturated heterocycles. The van der Waals surface area contributed by atoms with E-state index in [9.17, 15) is 9.90 Å². The number of aliphatic hydroxyl groups excluding tert-OH is 1. The molecule has 1 fully saturated rings. The number of amides is 1. The Morgan fingerprint density at radius 1 is 1.29 bits per heavy atom. The van der Waals surface area contributed by atoms with Gasteiger partial charge < -0.3 is 15.2 Å². The number of nitrogens with one attached hydrogen (secondary N) is 1. The van der Waals surface area contributed by atoms with Crippen molar-refractivity contribution in [2.75, 3.05) is 6.61 Å². The molecule has 0 heterocycles. The van der Waals surface area contributed by atoms with E-state index < -0.39 is 0 Å². The molecule has 0 aliphatic heterocycles. The average molecular weight is 291 g/mol. The zero-order valence-corrected chi connectivity index (χ0v) is 12.7. The second-order valence-corrected chi connectivity index (χ2v) is 5.61. The van der Waals surface area contributed by atoms with Crippen molar-refractivity contribution in [2.24, 2.45) is 0 Å². The molecule has 4 heteroatoms. The number of carbonyl (C=O) groups excluding carboxylic acids is 1. The predicted molar refractivity (Wildman–Crippen MR) is 82.3 cm³/mol. The summed E-state index contributed by atoms with van der Waals surface area (Å²) in [5, 5.41) is 12.5. The molecule has 21 heavy (non-hydrogen) atoms. The lowest BCUT2D eigenvalue weighted by Crippen LogP contribution is -2.38. The van der Waals surface area contributed by atoms with Crippen LogP contribution in [0.3, 0.4) is 0 Å². The third-order valence-corrected chi connectivity index (χ3v) is 3.96. The number of aryl methyl sites for hydroxylation is 1. The summed E-state index contributed by atoms with van der Waals surface area (Å²) in [5.41, 5.74) is 1.08. The number of rotatable bonds is 6. The molecule has 0 aromatic heterocycles. The van der Waals surface area contributed by atoms with Crippen LogP contribution < -0.4 is 10.1 Å². The fourth-order valence-electron chi connectivity index (χ4n) is 2.77. The largest absolute Gasteiger partial charge is 0.494 e. The molecule has 0 radical (unpaired) electrons. The van der Waals surface area contributed by atoms with Gasteiger partial charge in [0.15, 0.2) is 0 Å². The lowest BCUT2D eigenvalue weighted by Gasteiger charge is -2.26. The first-order chi connectivity index (χ1) is 10.2. The minimum absolute atomic E-state index is 0.0858. The Bertz CT molecular complexity index is 453. The molecule has 116 valence electrons. The van der Waals surface area contributed by atoms with Crippen LogP contribution in [0.5, 0.6) is 5.75 Å². The highest BCUT2D eigenvalue weighted by Crippen LogP contribution is 2.20. The first kappa shape index (κ1) is 15.8. The second kappa shape index (κ2) is 8.03. The van der Waals surface area contributed by atoms with E-state index in [1.54, 1.807) is 0 Å². The van der Waals surface area contributed by atoms with Gasteiger partial charge in [-0.05, 0) is 50.7 Å². The van der Waals surface area contributed by atoms with Crippen LogP contribution in [0.15, 0.2) is 24.3 Å². The highest BCUT2D eigenvalue weighted by molar-refractivity contribution is 5.76. The van der Waals surface area contributed by atoms with Gasteiger partial charge in [-0.1, -0.05) is 18.2 Å². The summed E-state index contributed by atoms with van der Waals surface area (Å²) in [6, 6.07) is 8.09. The lowest BCUT2D eigenvalue weighted by atomic mass is 9.93. The number of benzene rings is 1. The molecule has 0 unspecified atom stereocenters. The van der Waals surface area contributed by atoms with E-state index in [0.717, 1.165) is 37.0 Å². The van der Waals surface area contributed by atoms with Crippen molar-refractivity contribution in [1.82, 2.24) is 5.32 Å². The quantitative estimate of drug-likeness (QED) is 0.846. The van der Waals surface area contributed by atoms with Gasteiger partial charge >= 0.3 is 0 Å². The molecule has 1 aliphatic rings. The summed E-state index contributed by atoms with van der Waals surface area (Å²) in [5.74, 6) is 0.955. The van der Waals surface area contributed by atoms with Crippen LogP contribution in [0.25, 0.3) is 0 Å². The first-order valence-corrected chi connectivity index (χ1v) is 7.87. The van der Waals surface area contributed by atoms with Gasteiger partial charge in [0.25, 0.3) is 0 Å². The maximum Gasteiger partial charge on any atom is 0.220 e. The highest BCUT2D eigenvalue weighted by atomic mass is 16.5. The fourth-order valence-corrected chi connectivity index (χ4v) is 2.77. The number of hydrogen-bond donors (Lipinski definition) is 2. The highest BCUT2D eigenvalue weighted by Gasteiger charge is 2.20. The monoisotopic (exact) mass is 291 g/mol. The van der Waals surface area contributed by atoms with Crippen LogP contribution in [0.2, 0.25) is 0 Å². The predicted octanol–water partition coefficient (Wildman–Crippen LogP) is 2.44. The molecule has 1 amide bonds. The topological polar surface area (TPSA) is 58.6 Å².